The predicted octanol–water partition coefficient (Wildman–Crippen LogP) is 2.39. The minimum Gasteiger partial charge on any atom is -0.481 e. The summed E-state index contributed by atoms with van der Waals surface area (Å²) in [4.78, 5) is 21.5. The fraction of sp³-hybridized carbons (Fsp3) is 0.692. The highest BCUT2D eigenvalue weighted by Gasteiger charge is 2.21. The van der Waals surface area contributed by atoms with Crippen molar-refractivity contribution in [3.8, 4) is 0 Å². The van der Waals surface area contributed by atoms with Crippen LogP contribution in [0.3, 0.4) is 0 Å². The van der Waals surface area contributed by atoms with Crippen LogP contribution in [-0.2, 0) is 14.3 Å². The molecule has 17 heavy (non-hydrogen) atoms. The van der Waals surface area contributed by atoms with Gasteiger partial charge in [-0.3, -0.25) is 9.59 Å². The maximum absolute atomic E-state index is 11.3. The van der Waals surface area contributed by atoms with Crippen molar-refractivity contribution < 1.29 is 19.4 Å². The molecule has 1 aliphatic rings. The van der Waals surface area contributed by atoms with Crippen molar-refractivity contribution in [2.75, 3.05) is 6.61 Å². The average molecular weight is 240 g/mol. The number of esters is 1. The van der Waals surface area contributed by atoms with Gasteiger partial charge in [0.05, 0.1) is 19.4 Å². The SMILES string of the molecule is CC1=CC(C)C(COC(=O)CCC(=O)O)CC1. The minimum atomic E-state index is -0.966. The number of carboxylic acids is 1. The largest absolute Gasteiger partial charge is 0.481 e. The van der Waals surface area contributed by atoms with Gasteiger partial charge in [-0.25, -0.2) is 0 Å². The summed E-state index contributed by atoms with van der Waals surface area (Å²) < 4.78 is 5.11. The first-order chi connectivity index (χ1) is 7.99. The molecule has 4 nitrogen and oxygen atoms in total. The molecule has 0 spiro atoms. The minimum absolute atomic E-state index is 0.0364. The highest BCUT2D eigenvalue weighted by atomic mass is 16.5. The van der Waals surface area contributed by atoms with Gasteiger partial charge >= 0.3 is 11.9 Å². The van der Waals surface area contributed by atoms with Crippen LogP contribution in [-0.4, -0.2) is 23.7 Å². The number of carbonyl (C=O) groups is 2. The van der Waals surface area contributed by atoms with Gasteiger partial charge in [-0.1, -0.05) is 18.6 Å². The molecular formula is C13H20O4. The van der Waals surface area contributed by atoms with Crippen molar-refractivity contribution in [3.63, 3.8) is 0 Å². The van der Waals surface area contributed by atoms with E-state index >= 15 is 0 Å². The first-order valence-corrected chi connectivity index (χ1v) is 6.03. The molecule has 0 heterocycles. The summed E-state index contributed by atoms with van der Waals surface area (Å²) in [6, 6.07) is 0. The second kappa shape index (κ2) is 6.42. The topological polar surface area (TPSA) is 63.6 Å². The molecule has 0 aromatic rings. The Bertz CT molecular complexity index is 319. The average Bonchev–Trinajstić information content (AvgIpc) is 2.25. The molecule has 1 N–H and O–H groups in total. The first kappa shape index (κ1) is 13.7. The monoisotopic (exact) mass is 240 g/mol. The maximum atomic E-state index is 11.3. The van der Waals surface area contributed by atoms with Gasteiger partial charge in [0.1, 0.15) is 0 Å². The molecule has 0 aliphatic heterocycles. The summed E-state index contributed by atoms with van der Waals surface area (Å²) in [7, 11) is 0. The summed E-state index contributed by atoms with van der Waals surface area (Å²) in [6.45, 7) is 4.65. The van der Waals surface area contributed by atoms with E-state index in [1.807, 2.05) is 0 Å². The van der Waals surface area contributed by atoms with E-state index in [2.05, 4.69) is 19.9 Å². The highest BCUT2D eigenvalue weighted by Crippen LogP contribution is 2.28. The number of aliphatic carboxylic acids is 1. The van der Waals surface area contributed by atoms with E-state index in [0.717, 1.165) is 12.8 Å². The Labute approximate surface area is 102 Å². The number of hydrogen-bond donors (Lipinski definition) is 1. The molecule has 0 saturated carbocycles. The van der Waals surface area contributed by atoms with Crippen LogP contribution in [0.15, 0.2) is 11.6 Å². The number of allylic oxidation sites excluding steroid dienone is 2. The molecule has 0 fully saturated rings. The second-order valence-electron chi connectivity index (χ2n) is 4.75. The lowest BCUT2D eigenvalue weighted by Gasteiger charge is -2.26. The van der Waals surface area contributed by atoms with E-state index in [4.69, 9.17) is 9.84 Å². The Hall–Kier alpha value is -1.32. The standard InChI is InChI=1S/C13H20O4/c1-9-3-4-11(10(2)7-9)8-17-13(16)6-5-12(14)15/h7,10-11H,3-6,8H2,1-2H3,(H,14,15). The molecule has 0 saturated heterocycles. The molecular weight excluding hydrogens is 220 g/mol. The smallest absolute Gasteiger partial charge is 0.306 e. The molecule has 1 rings (SSSR count). The molecule has 1 aliphatic carbocycles. The van der Waals surface area contributed by atoms with Gasteiger partial charge in [-0.2, -0.15) is 0 Å². The van der Waals surface area contributed by atoms with Crippen molar-refractivity contribution in [1.82, 2.24) is 0 Å². The van der Waals surface area contributed by atoms with Gasteiger partial charge in [0.25, 0.3) is 0 Å². The molecule has 0 aromatic heterocycles. The summed E-state index contributed by atoms with van der Waals surface area (Å²) in [5.74, 6) is -0.582. The maximum Gasteiger partial charge on any atom is 0.306 e. The third-order valence-electron chi connectivity index (χ3n) is 3.20. The van der Waals surface area contributed by atoms with Gasteiger partial charge in [0, 0.05) is 0 Å². The Morgan fingerprint density at radius 2 is 2.18 bits per heavy atom. The fourth-order valence-corrected chi connectivity index (χ4v) is 2.06. The molecule has 2 unspecified atom stereocenters. The Kier molecular flexibility index (Phi) is 5.19. The van der Waals surface area contributed by atoms with Crippen LogP contribution in [0.25, 0.3) is 0 Å². The third-order valence-corrected chi connectivity index (χ3v) is 3.20. The number of hydrogen-bond acceptors (Lipinski definition) is 3. The zero-order valence-electron chi connectivity index (χ0n) is 10.4. The van der Waals surface area contributed by atoms with E-state index in [1.54, 1.807) is 0 Å². The quantitative estimate of drug-likeness (QED) is 0.592. The van der Waals surface area contributed by atoms with Crippen LogP contribution in [0.5, 0.6) is 0 Å². The molecule has 0 aromatic carbocycles. The molecule has 0 radical (unpaired) electrons. The summed E-state index contributed by atoms with van der Waals surface area (Å²) >= 11 is 0. The lowest BCUT2D eigenvalue weighted by Crippen LogP contribution is -2.22. The lowest BCUT2D eigenvalue weighted by molar-refractivity contribution is -0.149. The summed E-state index contributed by atoms with van der Waals surface area (Å²) in [5, 5.41) is 8.43. The molecule has 0 amide bonds. The van der Waals surface area contributed by atoms with Crippen LogP contribution in [0.4, 0.5) is 0 Å². The fourth-order valence-electron chi connectivity index (χ4n) is 2.06. The Balaban J connectivity index is 2.26. The summed E-state index contributed by atoms with van der Waals surface area (Å²) in [5.41, 5.74) is 1.39. The van der Waals surface area contributed by atoms with E-state index in [0.29, 0.717) is 18.4 Å². The van der Waals surface area contributed by atoms with Crippen LogP contribution < -0.4 is 0 Å². The highest BCUT2D eigenvalue weighted by molar-refractivity contribution is 5.76. The zero-order chi connectivity index (χ0) is 12.8. The van der Waals surface area contributed by atoms with Crippen molar-refractivity contribution >= 4 is 11.9 Å². The van der Waals surface area contributed by atoms with E-state index in [9.17, 15) is 9.59 Å². The van der Waals surface area contributed by atoms with E-state index in [1.165, 1.54) is 5.57 Å². The second-order valence-corrected chi connectivity index (χ2v) is 4.75. The van der Waals surface area contributed by atoms with Gasteiger partial charge in [-0.15, -0.1) is 0 Å². The molecule has 2 atom stereocenters. The normalized spacial score (nSPS) is 24.0. The third kappa shape index (κ3) is 5.02. The van der Waals surface area contributed by atoms with Crippen molar-refractivity contribution in [2.24, 2.45) is 11.8 Å². The zero-order valence-corrected chi connectivity index (χ0v) is 10.4. The molecule has 4 heteroatoms. The number of rotatable bonds is 5. The van der Waals surface area contributed by atoms with Crippen LogP contribution in [0.2, 0.25) is 0 Å². The Morgan fingerprint density at radius 1 is 1.47 bits per heavy atom. The number of carbonyl (C=O) groups excluding carboxylic acids is 1. The van der Waals surface area contributed by atoms with Crippen LogP contribution >= 0.6 is 0 Å². The number of carboxylic acid groups (broad SMARTS) is 1. The van der Waals surface area contributed by atoms with E-state index < -0.39 is 11.9 Å². The van der Waals surface area contributed by atoms with E-state index in [-0.39, 0.29) is 12.8 Å². The van der Waals surface area contributed by atoms with Gasteiger partial charge in [0.2, 0.25) is 0 Å². The van der Waals surface area contributed by atoms with Crippen LogP contribution in [0, 0.1) is 11.8 Å². The lowest BCUT2D eigenvalue weighted by atomic mass is 9.83. The van der Waals surface area contributed by atoms with Crippen molar-refractivity contribution in [1.29, 1.82) is 0 Å². The van der Waals surface area contributed by atoms with Crippen molar-refractivity contribution in [2.45, 2.75) is 39.5 Å². The van der Waals surface area contributed by atoms with Crippen LogP contribution in [0.1, 0.15) is 39.5 Å². The summed E-state index contributed by atoms with van der Waals surface area (Å²) in [6.07, 6.45) is 4.13. The first-order valence-electron chi connectivity index (χ1n) is 6.03. The predicted molar refractivity (Wildman–Crippen MR) is 63.5 cm³/mol. The molecule has 0 bridgehead atoms. The molecule has 96 valence electrons. The van der Waals surface area contributed by atoms with Gasteiger partial charge < -0.3 is 9.84 Å². The van der Waals surface area contributed by atoms with Gasteiger partial charge in [-0.05, 0) is 31.6 Å². The van der Waals surface area contributed by atoms with Gasteiger partial charge in [0.15, 0.2) is 0 Å². The Morgan fingerprint density at radius 3 is 2.76 bits per heavy atom. The number of ether oxygens (including phenoxy) is 1. The van der Waals surface area contributed by atoms with Crippen molar-refractivity contribution in [3.05, 3.63) is 11.6 Å².